The molecule has 7 heteroatoms. The minimum absolute atomic E-state index is 0.0251. The van der Waals surface area contributed by atoms with Crippen LogP contribution in [0.1, 0.15) is 41.5 Å². The lowest BCUT2D eigenvalue weighted by molar-refractivity contribution is 0.0303. The summed E-state index contributed by atoms with van der Waals surface area (Å²) in [7, 11) is 0. The first-order valence-electron chi connectivity index (χ1n) is 9.58. The van der Waals surface area contributed by atoms with E-state index in [1.54, 1.807) is 41.7 Å². The summed E-state index contributed by atoms with van der Waals surface area (Å²) in [6, 6.07) is 6.78. The molecule has 0 aliphatic carbocycles. The summed E-state index contributed by atoms with van der Waals surface area (Å²) in [5.74, 6) is -0.173. The zero-order valence-corrected chi connectivity index (χ0v) is 16.7. The molecular formula is C21H28N4O3. The van der Waals surface area contributed by atoms with E-state index in [2.05, 4.69) is 31.1 Å². The first-order valence-corrected chi connectivity index (χ1v) is 9.58. The van der Waals surface area contributed by atoms with Crippen LogP contribution in [0.3, 0.4) is 0 Å². The summed E-state index contributed by atoms with van der Waals surface area (Å²) in [6.07, 6.45) is 5.36. The second-order valence-corrected chi connectivity index (χ2v) is 8.13. The van der Waals surface area contributed by atoms with Gasteiger partial charge in [-0.05, 0) is 29.7 Å². The number of carbonyl (C=O) groups is 2. The van der Waals surface area contributed by atoms with Gasteiger partial charge in [-0.1, -0.05) is 20.8 Å². The van der Waals surface area contributed by atoms with Gasteiger partial charge in [0.25, 0.3) is 11.8 Å². The quantitative estimate of drug-likeness (QED) is 0.857. The highest BCUT2D eigenvalue weighted by atomic mass is 16.5. The Labute approximate surface area is 165 Å². The Morgan fingerprint density at radius 3 is 2.36 bits per heavy atom. The number of amides is 2. The van der Waals surface area contributed by atoms with E-state index in [0.29, 0.717) is 44.0 Å². The van der Waals surface area contributed by atoms with Crippen LogP contribution in [0.4, 0.5) is 0 Å². The number of benzene rings is 1. The van der Waals surface area contributed by atoms with Crippen molar-refractivity contribution in [1.29, 1.82) is 0 Å². The molecule has 1 aliphatic rings. The number of ether oxygens (including phenoxy) is 1. The molecule has 1 N–H and O–H groups in total. The molecule has 0 saturated carbocycles. The molecule has 150 valence electrons. The molecule has 1 saturated heterocycles. The van der Waals surface area contributed by atoms with Crippen LogP contribution >= 0.6 is 0 Å². The highest BCUT2D eigenvalue weighted by Crippen LogP contribution is 2.21. The third kappa shape index (κ3) is 4.98. The topological polar surface area (TPSA) is 76.5 Å². The second kappa shape index (κ2) is 8.56. The van der Waals surface area contributed by atoms with Gasteiger partial charge in [0.15, 0.2) is 0 Å². The number of imidazole rings is 1. The van der Waals surface area contributed by atoms with E-state index >= 15 is 0 Å². The predicted molar refractivity (Wildman–Crippen MR) is 106 cm³/mol. The van der Waals surface area contributed by atoms with Gasteiger partial charge < -0.3 is 19.5 Å². The van der Waals surface area contributed by atoms with E-state index in [1.165, 1.54) is 0 Å². The number of hydrogen-bond donors (Lipinski definition) is 1. The van der Waals surface area contributed by atoms with Crippen molar-refractivity contribution in [3.8, 4) is 0 Å². The van der Waals surface area contributed by atoms with Gasteiger partial charge in [-0.2, -0.15) is 0 Å². The van der Waals surface area contributed by atoms with Crippen molar-refractivity contribution in [2.24, 2.45) is 5.41 Å². The Balaban J connectivity index is 1.66. The number of nitrogens with zero attached hydrogens (tertiary/aromatic N) is 3. The fraction of sp³-hybridized carbons (Fsp3) is 0.476. The highest BCUT2D eigenvalue weighted by Gasteiger charge is 2.27. The maximum Gasteiger partial charge on any atom is 0.254 e. The molecule has 28 heavy (non-hydrogen) atoms. The van der Waals surface area contributed by atoms with Gasteiger partial charge in [0.1, 0.15) is 0 Å². The van der Waals surface area contributed by atoms with Gasteiger partial charge >= 0.3 is 0 Å². The summed E-state index contributed by atoms with van der Waals surface area (Å²) in [5.41, 5.74) is 1.01. The van der Waals surface area contributed by atoms with Crippen LogP contribution in [0.2, 0.25) is 0 Å². The average molecular weight is 384 g/mol. The van der Waals surface area contributed by atoms with Crippen molar-refractivity contribution in [2.75, 3.05) is 26.3 Å². The zero-order chi connectivity index (χ0) is 20.1. The summed E-state index contributed by atoms with van der Waals surface area (Å²) in [5, 5.41) is 3.12. The van der Waals surface area contributed by atoms with Crippen molar-refractivity contribution in [2.45, 2.75) is 33.4 Å². The van der Waals surface area contributed by atoms with E-state index < -0.39 is 0 Å². The van der Waals surface area contributed by atoms with Crippen molar-refractivity contribution >= 4 is 11.8 Å². The van der Waals surface area contributed by atoms with Crippen LogP contribution in [0.5, 0.6) is 0 Å². The number of nitrogens with one attached hydrogen (secondary N) is 1. The smallest absolute Gasteiger partial charge is 0.254 e. The minimum Gasteiger partial charge on any atom is -0.378 e. The molecule has 7 nitrogen and oxygen atoms in total. The van der Waals surface area contributed by atoms with Gasteiger partial charge in [0.05, 0.1) is 25.6 Å². The number of carbonyl (C=O) groups excluding carboxylic acids is 2. The maximum absolute atomic E-state index is 12.8. The van der Waals surface area contributed by atoms with Gasteiger partial charge in [0.2, 0.25) is 0 Å². The van der Waals surface area contributed by atoms with Crippen LogP contribution in [0, 0.1) is 5.41 Å². The van der Waals surface area contributed by atoms with E-state index in [9.17, 15) is 9.59 Å². The number of aromatic nitrogens is 2. The van der Waals surface area contributed by atoms with Crippen molar-refractivity contribution in [3.05, 3.63) is 54.1 Å². The van der Waals surface area contributed by atoms with E-state index in [1.807, 2.05) is 10.8 Å². The lowest BCUT2D eigenvalue weighted by Crippen LogP contribution is -2.46. The Morgan fingerprint density at radius 2 is 1.79 bits per heavy atom. The largest absolute Gasteiger partial charge is 0.378 e. The molecule has 3 rings (SSSR count). The molecule has 1 aromatic heterocycles. The Kier molecular flexibility index (Phi) is 6.14. The van der Waals surface area contributed by atoms with Crippen LogP contribution in [0.15, 0.2) is 43.0 Å². The average Bonchev–Trinajstić information content (AvgIpc) is 3.20. The molecular weight excluding hydrogens is 356 g/mol. The molecule has 2 aromatic rings. The van der Waals surface area contributed by atoms with Crippen molar-refractivity contribution < 1.29 is 14.3 Å². The third-order valence-electron chi connectivity index (χ3n) is 5.00. The lowest BCUT2D eigenvalue weighted by Gasteiger charge is -2.32. The molecule has 1 unspecified atom stereocenters. The van der Waals surface area contributed by atoms with E-state index in [0.717, 1.165) is 0 Å². The van der Waals surface area contributed by atoms with Gasteiger partial charge in [0, 0.05) is 43.2 Å². The summed E-state index contributed by atoms with van der Waals surface area (Å²) < 4.78 is 7.24. The molecule has 0 spiro atoms. The molecule has 1 aliphatic heterocycles. The maximum atomic E-state index is 12.8. The van der Waals surface area contributed by atoms with E-state index in [4.69, 9.17) is 4.74 Å². The highest BCUT2D eigenvalue weighted by molar-refractivity contribution is 5.98. The van der Waals surface area contributed by atoms with Gasteiger partial charge in [-0.3, -0.25) is 9.59 Å². The predicted octanol–water partition coefficient (Wildman–Crippen LogP) is 2.20. The monoisotopic (exact) mass is 384 g/mol. The van der Waals surface area contributed by atoms with Crippen LogP contribution in [0.25, 0.3) is 0 Å². The Morgan fingerprint density at radius 1 is 1.14 bits per heavy atom. The lowest BCUT2D eigenvalue weighted by atomic mass is 9.86. The molecule has 1 atom stereocenters. The van der Waals surface area contributed by atoms with Gasteiger partial charge in [-0.15, -0.1) is 0 Å². The molecule has 1 aromatic carbocycles. The Hall–Kier alpha value is -2.67. The SMILES string of the molecule is CC(C)(C)C(Cn1ccnc1)NC(=O)c1ccc(C(=O)N2CCOCC2)cc1. The molecule has 0 radical (unpaired) electrons. The zero-order valence-electron chi connectivity index (χ0n) is 16.7. The standard InChI is InChI=1S/C21H28N4O3/c1-21(2,3)18(14-24-9-8-22-15-24)23-19(26)16-4-6-17(7-5-16)20(27)25-10-12-28-13-11-25/h4-9,15,18H,10-14H2,1-3H3,(H,23,26). The van der Waals surface area contributed by atoms with Crippen LogP contribution in [-0.4, -0.2) is 58.6 Å². The number of rotatable bonds is 5. The molecule has 0 bridgehead atoms. The fourth-order valence-corrected chi connectivity index (χ4v) is 3.10. The molecule has 2 amide bonds. The first kappa shape index (κ1) is 20.1. The summed E-state index contributed by atoms with van der Waals surface area (Å²) in [4.78, 5) is 31.1. The normalized spacial score (nSPS) is 15.9. The van der Waals surface area contributed by atoms with Crippen LogP contribution in [-0.2, 0) is 11.3 Å². The summed E-state index contributed by atoms with van der Waals surface area (Å²) in [6.45, 7) is 9.26. The third-order valence-corrected chi connectivity index (χ3v) is 5.00. The van der Waals surface area contributed by atoms with Crippen molar-refractivity contribution in [3.63, 3.8) is 0 Å². The van der Waals surface area contributed by atoms with Crippen molar-refractivity contribution in [1.82, 2.24) is 19.8 Å². The Bertz CT molecular complexity index is 788. The van der Waals surface area contributed by atoms with Crippen LogP contribution < -0.4 is 5.32 Å². The summed E-state index contributed by atoms with van der Waals surface area (Å²) >= 11 is 0. The first-order chi connectivity index (χ1) is 13.3. The molecule has 1 fully saturated rings. The van der Waals surface area contributed by atoms with Gasteiger partial charge in [-0.25, -0.2) is 4.98 Å². The fourth-order valence-electron chi connectivity index (χ4n) is 3.10. The number of hydrogen-bond acceptors (Lipinski definition) is 4. The second-order valence-electron chi connectivity index (χ2n) is 8.13. The molecule has 2 heterocycles. The minimum atomic E-state index is -0.148. The number of morpholine rings is 1. The van der Waals surface area contributed by atoms with E-state index in [-0.39, 0.29) is 23.3 Å².